The Kier molecular flexibility index (Phi) is 8.43. The lowest BCUT2D eigenvalue weighted by molar-refractivity contribution is 1.21. The van der Waals surface area contributed by atoms with Crippen LogP contribution in [0.4, 0.5) is 5.95 Å². The Hall–Kier alpha value is -2.36. The van der Waals surface area contributed by atoms with Crippen LogP contribution in [-0.2, 0) is 0 Å². The molecule has 2 rings (SSSR count). The number of nitrogens with two attached hydrogens (primary N) is 1. The number of nitrogen functional groups attached to an aromatic ring is 1. The lowest BCUT2D eigenvalue weighted by Crippen LogP contribution is -1.93. The van der Waals surface area contributed by atoms with Gasteiger partial charge in [-0.1, -0.05) is 32.1 Å². The molecule has 108 valence electrons. The highest BCUT2D eigenvalue weighted by molar-refractivity contribution is 5.90. The van der Waals surface area contributed by atoms with E-state index in [0.29, 0.717) is 0 Å². The van der Waals surface area contributed by atoms with Gasteiger partial charge in [0, 0.05) is 22.8 Å². The second kappa shape index (κ2) is 9.55. The maximum absolute atomic E-state index is 5.55. The number of hydrogen-bond donors (Lipinski definition) is 2. The number of nitrogens with one attached hydrogen (secondary N) is 1. The van der Waals surface area contributed by atoms with Gasteiger partial charge in [-0.25, -0.2) is 4.98 Å². The van der Waals surface area contributed by atoms with Crippen molar-refractivity contribution in [3.8, 4) is 0 Å². The van der Waals surface area contributed by atoms with Crippen molar-refractivity contribution in [3.05, 3.63) is 42.8 Å². The first-order chi connectivity index (χ1) is 9.76. The number of aromatic amines is 1. The van der Waals surface area contributed by atoms with Crippen LogP contribution in [0.15, 0.2) is 31.5 Å². The average Bonchev–Trinajstić information content (AvgIpc) is 2.81. The number of nitrogens with zero attached hydrogens (tertiary/aromatic N) is 2. The van der Waals surface area contributed by atoms with Crippen LogP contribution in [0.2, 0.25) is 0 Å². The average molecular weight is 272 g/mol. The molecule has 0 aliphatic heterocycles. The van der Waals surface area contributed by atoms with E-state index < -0.39 is 0 Å². The molecule has 4 nitrogen and oxygen atoms in total. The minimum Gasteiger partial charge on any atom is -0.368 e. The molecule has 20 heavy (non-hydrogen) atoms. The first kappa shape index (κ1) is 17.6. The zero-order valence-electron chi connectivity index (χ0n) is 12.8. The Morgan fingerprint density at radius 2 is 1.75 bits per heavy atom. The summed E-state index contributed by atoms with van der Waals surface area (Å²) < 4.78 is 0. The molecule has 0 atom stereocenters. The van der Waals surface area contributed by atoms with E-state index in [1.54, 1.807) is 6.20 Å². The van der Waals surface area contributed by atoms with Gasteiger partial charge in [0.25, 0.3) is 0 Å². The number of rotatable bonds is 2. The van der Waals surface area contributed by atoms with Gasteiger partial charge in [-0.3, -0.25) is 0 Å². The van der Waals surface area contributed by atoms with Gasteiger partial charge in [0.1, 0.15) is 5.65 Å². The van der Waals surface area contributed by atoms with Crippen molar-refractivity contribution >= 4 is 29.1 Å². The summed E-state index contributed by atoms with van der Waals surface area (Å²) in [6.45, 7) is 14.0. The van der Waals surface area contributed by atoms with E-state index in [1.807, 2.05) is 52.0 Å². The van der Waals surface area contributed by atoms with Gasteiger partial charge in [0.2, 0.25) is 5.95 Å². The van der Waals surface area contributed by atoms with Crippen molar-refractivity contribution in [2.45, 2.75) is 27.7 Å². The van der Waals surface area contributed by atoms with E-state index in [9.17, 15) is 0 Å². The monoisotopic (exact) mass is 272 g/mol. The van der Waals surface area contributed by atoms with Crippen molar-refractivity contribution < 1.29 is 0 Å². The third-order valence-electron chi connectivity index (χ3n) is 2.31. The second-order valence-corrected chi connectivity index (χ2v) is 3.44. The molecule has 0 saturated carbocycles. The zero-order valence-corrected chi connectivity index (χ0v) is 12.8. The fourth-order valence-corrected chi connectivity index (χ4v) is 1.67. The molecule has 0 bridgehead atoms. The smallest absolute Gasteiger partial charge is 0.221 e. The van der Waals surface area contributed by atoms with E-state index in [4.69, 9.17) is 5.73 Å². The van der Waals surface area contributed by atoms with E-state index >= 15 is 0 Å². The summed E-state index contributed by atoms with van der Waals surface area (Å²) in [6, 6.07) is 0. The highest BCUT2D eigenvalue weighted by Crippen LogP contribution is 2.23. The summed E-state index contributed by atoms with van der Waals surface area (Å²) in [7, 11) is 0. The molecule has 2 heterocycles. The first-order valence-electron chi connectivity index (χ1n) is 6.66. The van der Waals surface area contributed by atoms with Crippen LogP contribution in [-0.4, -0.2) is 15.0 Å². The Morgan fingerprint density at radius 1 is 1.15 bits per heavy atom. The molecule has 0 aromatic carbocycles. The molecule has 3 N–H and O–H groups in total. The summed E-state index contributed by atoms with van der Waals surface area (Å²) in [6.07, 6.45) is 9.76. The van der Waals surface area contributed by atoms with Crippen LogP contribution < -0.4 is 5.73 Å². The highest BCUT2D eigenvalue weighted by atomic mass is 15.0. The Bertz CT molecular complexity index is 579. The Balaban J connectivity index is 0.000000829. The van der Waals surface area contributed by atoms with Crippen molar-refractivity contribution in [1.29, 1.82) is 0 Å². The largest absolute Gasteiger partial charge is 0.368 e. The molecular weight excluding hydrogens is 248 g/mol. The summed E-state index contributed by atoms with van der Waals surface area (Å²) in [5.41, 5.74) is 8.44. The third-order valence-corrected chi connectivity index (χ3v) is 2.31. The van der Waals surface area contributed by atoms with Crippen LogP contribution in [0, 0.1) is 0 Å². The van der Waals surface area contributed by atoms with Crippen LogP contribution in [0.3, 0.4) is 0 Å². The standard InChI is InChI=1S/C12H14N4.C2H6.C2H4/c1-3-5-8-9-7-14-12(13)16-11(9)15-10(8)6-4-2;2*1-2/h3-7H,1-2H3,(H3,13,14,15,16);1-2H3;1-2H2/b5-3-,6-4-;;. The lowest BCUT2D eigenvalue weighted by atomic mass is 10.1. The Morgan fingerprint density at radius 3 is 2.30 bits per heavy atom. The highest BCUT2D eigenvalue weighted by Gasteiger charge is 2.08. The number of hydrogen-bond acceptors (Lipinski definition) is 3. The number of aromatic nitrogens is 3. The van der Waals surface area contributed by atoms with Gasteiger partial charge in [-0.05, 0) is 19.9 Å². The van der Waals surface area contributed by atoms with Gasteiger partial charge >= 0.3 is 0 Å². The van der Waals surface area contributed by atoms with Crippen molar-refractivity contribution in [1.82, 2.24) is 15.0 Å². The fraction of sp³-hybridized carbons (Fsp3) is 0.250. The minimum absolute atomic E-state index is 0.285. The van der Waals surface area contributed by atoms with Crippen molar-refractivity contribution in [2.24, 2.45) is 0 Å². The van der Waals surface area contributed by atoms with E-state index in [-0.39, 0.29) is 5.95 Å². The predicted molar refractivity (Wildman–Crippen MR) is 90.3 cm³/mol. The normalized spacial score (nSPS) is 10.2. The van der Waals surface area contributed by atoms with Gasteiger partial charge in [-0.2, -0.15) is 4.98 Å². The van der Waals surface area contributed by atoms with Gasteiger partial charge in [-0.15, -0.1) is 13.2 Å². The van der Waals surface area contributed by atoms with E-state index in [2.05, 4.69) is 28.1 Å². The third kappa shape index (κ3) is 4.09. The molecule has 2 aromatic rings. The number of allylic oxidation sites excluding steroid dienone is 2. The molecule has 2 aromatic heterocycles. The van der Waals surface area contributed by atoms with Crippen LogP contribution in [0.5, 0.6) is 0 Å². The van der Waals surface area contributed by atoms with Crippen LogP contribution in [0.25, 0.3) is 23.2 Å². The molecule has 0 amide bonds. The summed E-state index contributed by atoms with van der Waals surface area (Å²) >= 11 is 0. The molecule has 4 heteroatoms. The molecule has 0 fully saturated rings. The Labute approximate surface area is 121 Å². The lowest BCUT2D eigenvalue weighted by Gasteiger charge is -1.93. The summed E-state index contributed by atoms with van der Waals surface area (Å²) in [5.74, 6) is 0.285. The van der Waals surface area contributed by atoms with Gasteiger partial charge in [0.15, 0.2) is 0 Å². The summed E-state index contributed by atoms with van der Waals surface area (Å²) in [5, 5.41) is 0.986. The number of fused-ring (bicyclic) bond motifs is 1. The number of H-pyrrole nitrogens is 1. The van der Waals surface area contributed by atoms with Crippen molar-refractivity contribution in [2.75, 3.05) is 5.73 Å². The maximum Gasteiger partial charge on any atom is 0.221 e. The first-order valence-corrected chi connectivity index (χ1v) is 6.66. The van der Waals surface area contributed by atoms with Gasteiger partial charge < -0.3 is 10.7 Å². The quantitative estimate of drug-likeness (QED) is 0.794. The van der Waals surface area contributed by atoms with E-state index in [0.717, 1.165) is 22.3 Å². The zero-order chi connectivity index (χ0) is 15.5. The molecule has 0 aliphatic rings. The fourth-order valence-electron chi connectivity index (χ4n) is 1.67. The van der Waals surface area contributed by atoms with Crippen molar-refractivity contribution in [3.63, 3.8) is 0 Å². The van der Waals surface area contributed by atoms with Gasteiger partial charge in [0.05, 0.1) is 0 Å². The second-order valence-electron chi connectivity index (χ2n) is 3.44. The topological polar surface area (TPSA) is 67.6 Å². The molecule has 0 radical (unpaired) electrons. The molecule has 0 spiro atoms. The molecule has 0 aliphatic carbocycles. The predicted octanol–water partition coefficient (Wildman–Crippen LogP) is 4.43. The summed E-state index contributed by atoms with van der Waals surface area (Å²) in [4.78, 5) is 11.4. The maximum atomic E-state index is 5.55. The van der Waals surface area contributed by atoms with E-state index in [1.165, 1.54) is 0 Å². The number of anilines is 1. The van der Waals surface area contributed by atoms with Crippen LogP contribution >= 0.6 is 0 Å². The SMILES string of the molecule is C/C=C\c1[nH]c2nc(N)ncc2c1/C=C\C.C=C.CC. The molecule has 0 saturated heterocycles. The molecular formula is C16H24N4. The van der Waals surface area contributed by atoms with Crippen LogP contribution in [0.1, 0.15) is 39.0 Å². The minimum atomic E-state index is 0.285. The molecule has 0 unspecified atom stereocenters.